The molecule has 1 fully saturated rings. The van der Waals surface area contributed by atoms with Crippen molar-refractivity contribution in [2.75, 3.05) is 11.9 Å². The molecule has 1 saturated heterocycles. The number of nitrogens with one attached hydrogen (secondary N) is 1. The average Bonchev–Trinajstić information content (AvgIpc) is 2.65. The molecule has 110 valence electrons. The monoisotopic (exact) mass is 287 g/mol. The molecule has 1 aliphatic rings. The summed E-state index contributed by atoms with van der Waals surface area (Å²) in [4.78, 5) is 17.2. The van der Waals surface area contributed by atoms with Gasteiger partial charge in [-0.3, -0.25) is 4.98 Å². The van der Waals surface area contributed by atoms with Gasteiger partial charge >= 0.3 is 12.2 Å². The van der Waals surface area contributed by atoms with E-state index in [4.69, 9.17) is 0 Å². The van der Waals surface area contributed by atoms with Gasteiger partial charge < -0.3 is 10.2 Å². The first kappa shape index (κ1) is 14.6. The number of urea groups is 1. The maximum absolute atomic E-state index is 13.0. The van der Waals surface area contributed by atoms with Crippen molar-refractivity contribution in [1.82, 2.24) is 9.88 Å². The summed E-state index contributed by atoms with van der Waals surface area (Å²) in [6, 6.07) is 2.74. The Morgan fingerprint density at radius 1 is 1.50 bits per heavy atom. The second-order valence-corrected chi connectivity index (χ2v) is 5.36. The van der Waals surface area contributed by atoms with Crippen LogP contribution in [0.1, 0.15) is 20.3 Å². The maximum atomic E-state index is 13.0. The number of hydrogen-bond acceptors (Lipinski definition) is 2. The average molecular weight is 287 g/mol. The van der Waals surface area contributed by atoms with Gasteiger partial charge in [-0.05, 0) is 32.4 Å². The lowest BCUT2D eigenvalue weighted by molar-refractivity contribution is -0.189. The van der Waals surface area contributed by atoms with E-state index in [1.807, 2.05) is 0 Å². The van der Waals surface area contributed by atoms with Crippen LogP contribution in [0.3, 0.4) is 0 Å². The Balaban J connectivity index is 2.12. The van der Waals surface area contributed by atoms with Crippen molar-refractivity contribution in [3.63, 3.8) is 0 Å². The lowest BCUT2D eigenvalue weighted by Gasteiger charge is -2.36. The molecular formula is C13H16F3N3O. The first-order chi connectivity index (χ1) is 9.23. The third kappa shape index (κ3) is 2.71. The summed E-state index contributed by atoms with van der Waals surface area (Å²) in [7, 11) is 0. The largest absolute Gasteiger partial charge is 0.394 e. The van der Waals surface area contributed by atoms with Gasteiger partial charge in [-0.2, -0.15) is 13.2 Å². The van der Waals surface area contributed by atoms with E-state index in [0.717, 1.165) is 0 Å². The molecule has 2 rings (SSSR count). The van der Waals surface area contributed by atoms with Gasteiger partial charge in [0.15, 0.2) is 0 Å². The first-order valence-electron chi connectivity index (χ1n) is 6.28. The van der Waals surface area contributed by atoms with Gasteiger partial charge in [0.1, 0.15) is 0 Å². The summed E-state index contributed by atoms with van der Waals surface area (Å²) in [5.41, 5.74) is -0.798. The highest BCUT2D eigenvalue weighted by molar-refractivity contribution is 5.89. The van der Waals surface area contributed by atoms with Crippen molar-refractivity contribution in [2.45, 2.75) is 32.0 Å². The van der Waals surface area contributed by atoms with Gasteiger partial charge in [0.2, 0.25) is 0 Å². The van der Waals surface area contributed by atoms with Crippen LogP contribution >= 0.6 is 0 Å². The van der Waals surface area contributed by atoms with E-state index in [1.165, 1.54) is 24.9 Å². The Hall–Kier alpha value is -1.79. The maximum Gasteiger partial charge on any atom is 0.394 e. The lowest BCUT2D eigenvalue weighted by Crippen LogP contribution is -2.51. The van der Waals surface area contributed by atoms with Gasteiger partial charge in [0.25, 0.3) is 0 Å². The lowest BCUT2D eigenvalue weighted by atomic mass is 9.88. The predicted octanol–water partition coefficient (Wildman–Crippen LogP) is 3.28. The molecule has 1 aromatic heterocycles. The van der Waals surface area contributed by atoms with Gasteiger partial charge in [-0.25, -0.2) is 4.79 Å². The van der Waals surface area contributed by atoms with Crippen LogP contribution in [-0.4, -0.2) is 34.2 Å². The van der Waals surface area contributed by atoms with Crippen molar-refractivity contribution in [2.24, 2.45) is 5.92 Å². The fraction of sp³-hybridized carbons (Fsp3) is 0.538. The van der Waals surface area contributed by atoms with E-state index in [1.54, 1.807) is 18.3 Å². The molecule has 1 aliphatic heterocycles. The molecule has 1 unspecified atom stereocenters. The molecular weight excluding hydrogens is 271 g/mol. The summed E-state index contributed by atoms with van der Waals surface area (Å²) in [6.45, 7) is 2.98. The zero-order valence-corrected chi connectivity index (χ0v) is 11.2. The van der Waals surface area contributed by atoms with Gasteiger partial charge in [-0.1, -0.05) is 0 Å². The second kappa shape index (κ2) is 4.96. The molecule has 7 heteroatoms. The van der Waals surface area contributed by atoms with E-state index in [2.05, 4.69) is 10.3 Å². The fourth-order valence-corrected chi connectivity index (χ4v) is 2.64. The van der Waals surface area contributed by atoms with Crippen LogP contribution < -0.4 is 5.32 Å². The first-order valence-corrected chi connectivity index (χ1v) is 6.28. The summed E-state index contributed by atoms with van der Waals surface area (Å²) >= 11 is 0. The van der Waals surface area contributed by atoms with E-state index >= 15 is 0 Å². The Labute approximate surface area is 115 Å². The Morgan fingerprint density at radius 3 is 2.70 bits per heavy atom. The number of amides is 2. The number of anilines is 1. The number of alkyl halides is 3. The third-order valence-corrected chi connectivity index (χ3v) is 3.74. The van der Waals surface area contributed by atoms with Gasteiger partial charge in [0, 0.05) is 12.7 Å². The quantitative estimate of drug-likeness (QED) is 0.861. The minimum Gasteiger partial charge on any atom is -0.319 e. The van der Waals surface area contributed by atoms with Gasteiger partial charge in [-0.15, -0.1) is 0 Å². The number of aromatic nitrogens is 1. The molecule has 0 aliphatic carbocycles. The Morgan fingerprint density at radius 2 is 2.20 bits per heavy atom. The Kier molecular flexibility index (Phi) is 3.62. The highest BCUT2D eigenvalue weighted by Crippen LogP contribution is 2.44. The number of halogens is 3. The minimum atomic E-state index is -4.30. The molecule has 0 radical (unpaired) electrons. The zero-order valence-electron chi connectivity index (χ0n) is 11.2. The molecule has 1 aromatic rings. The number of hydrogen-bond donors (Lipinski definition) is 1. The molecule has 0 saturated carbocycles. The predicted molar refractivity (Wildman–Crippen MR) is 68.2 cm³/mol. The summed E-state index contributed by atoms with van der Waals surface area (Å²) in [5.74, 6) is -1.50. The van der Waals surface area contributed by atoms with Crippen molar-refractivity contribution in [3.05, 3.63) is 24.5 Å². The summed E-state index contributed by atoms with van der Waals surface area (Å²) in [5, 5.41) is 2.57. The van der Waals surface area contributed by atoms with Crippen LogP contribution in [-0.2, 0) is 0 Å². The van der Waals surface area contributed by atoms with Crippen molar-refractivity contribution in [1.29, 1.82) is 0 Å². The van der Waals surface area contributed by atoms with Crippen LogP contribution in [0.25, 0.3) is 0 Å². The number of likely N-dealkylation sites (tertiary alicyclic amines) is 1. The van der Waals surface area contributed by atoms with E-state index in [-0.39, 0.29) is 13.0 Å². The highest BCUT2D eigenvalue weighted by atomic mass is 19.4. The molecule has 0 aromatic carbocycles. The fourth-order valence-electron chi connectivity index (χ4n) is 2.64. The Bertz CT molecular complexity index is 487. The number of carbonyl (C=O) groups excluding carboxylic acids is 1. The smallest absolute Gasteiger partial charge is 0.319 e. The van der Waals surface area contributed by atoms with Crippen LogP contribution in [0.15, 0.2) is 24.5 Å². The zero-order chi connectivity index (χ0) is 15.0. The van der Waals surface area contributed by atoms with Crippen LogP contribution in [0.4, 0.5) is 23.7 Å². The molecule has 0 spiro atoms. The third-order valence-electron chi connectivity index (χ3n) is 3.74. The van der Waals surface area contributed by atoms with Crippen molar-refractivity contribution < 1.29 is 18.0 Å². The number of rotatable bonds is 1. The number of pyridine rings is 1. The van der Waals surface area contributed by atoms with Crippen LogP contribution in [0.5, 0.6) is 0 Å². The van der Waals surface area contributed by atoms with Crippen molar-refractivity contribution >= 4 is 11.7 Å². The molecule has 20 heavy (non-hydrogen) atoms. The summed E-state index contributed by atoms with van der Waals surface area (Å²) in [6.07, 6.45) is -1.37. The van der Waals surface area contributed by atoms with Crippen LogP contribution in [0.2, 0.25) is 0 Å². The topological polar surface area (TPSA) is 45.2 Å². The van der Waals surface area contributed by atoms with Crippen LogP contribution in [0, 0.1) is 5.92 Å². The normalized spacial score (nSPS) is 21.9. The standard InChI is InChI=1S/C13H16F3N3O/c1-12(2)10(13(14,15)16)5-7-19(12)11(20)18-9-4-3-6-17-8-9/h3-4,6,8,10H,5,7H2,1-2H3,(H,18,20). The van der Waals surface area contributed by atoms with E-state index in [0.29, 0.717) is 5.69 Å². The van der Waals surface area contributed by atoms with Crippen molar-refractivity contribution in [3.8, 4) is 0 Å². The second-order valence-electron chi connectivity index (χ2n) is 5.36. The van der Waals surface area contributed by atoms with Gasteiger partial charge in [0.05, 0.1) is 23.3 Å². The molecule has 0 bridgehead atoms. The molecule has 1 atom stereocenters. The molecule has 4 nitrogen and oxygen atoms in total. The van der Waals surface area contributed by atoms with E-state index in [9.17, 15) is 18.0 Å². The highest BCUT2D eigenvalue weighted by Gasteiger charge is 2.56. The summed E-state index contributed by atoms with van der Waals surface area (Å²) < 4.78 is 38.9. The number of nitrogens with zero attached hydrogens (tertiary/aromatic N) is 2. The number of carbonyl (C=O) groups is 1. The SMILES string of the molecule is CC1(C)C(C(F)(F)F)CCN1C(=O)Nc1cccnc1. The molecule has 2 amide bonds. The van der Waals surface area contributed by atoms with E-state index < -0.39 is 23.7 Å². The minimum absolute atomic E-state index is 0.0725. The molecule has 1 N–H and O–H groups in total. The molecule has 2 heterocycles.